The van der Waals surface area contributed by atoms with Gasteiger partial charge in [-0.15, -0.1) is 0 Å². The van der Waals surface area contributed by atoms with Crippen LogP contribution in [-0.4, -0.2) is 31.8 Å². The van der Waals surface area contributed by atoms with E-state index < -0.39 is 0 Å². The van der Waals surface area contributed by atoms with Crippen molar-refractivity contribution in [2.45, 2.75) is 13.1 Å². The Morgan fingerprint density at radius 3 is 2.74 bits per heavy atom. The second kappa shape index (κ2) is 9.27. The highest BCUT2D eigenvalue weighted by Crippen LogP contribution is 2.21. The number of hydrogen-bond donors (Lipinski definition) is 3. The predicted molar refractivity (Wildman–Crippen MR) is 118 cm³/mol. The van der Waals surface area contributed by atoms with Gasteiger partial charge in [0.15, 0.2) is 0 Å². The number of hydrogen-bond acceptors (Lipinski definition) is 4. The molecule has 3 N–H and O–H groups in total. The lowest BCUT2D eigenvalue weighted by Crippen LogP contribution is -2.23. The molecule has 4 rings (SSSR count). The number of anilines is 1. The highest BCUT2D eigenvalue weighted by Gasteiger charge is 2.11. The zero-order valence-electron chi connectivity index (χ0n) is 16.4. The summed E-state index contributed by atoms with van der Waals surface area (Å²) in [5, 5.41) is 17.2. The molecule has 9 heteroatoms. The summed E-state index contributed by atoms with van der Waals surface area (Å²) in [4.78, 5) is 24.6. The molecule has 2 heterocycles. The van der Waals surface area contributed by atoms with E-state index >= 15 is 0 Å². The normalized spacial score (nSPS) is 10.6. The summed E-state index contributed by atoms with van der Waals surface area (Å²) in [7, 11) is 0. The van der Waals surface area contributed by atoms with Crippen LogP contribution in [-0.2, 0) is 17.9 Å². The molecule has 2 amide bonds. The van der Waals surface area contributed by atoms with Gasteiger partial charge in [0.1, 0.15) is 12.2 Å². The Hall–Kier alpha value is -3.91. The van der Waals surface area contributed by atoms with Crippen LogP contribution < -0.4 is 10.6 Å². The van der Waals surface area contributed by atoms with E-state index in [9.17, 15) is 9.59 Å². The number of aromatic nitrogens is 4. The summed E-state index contributed by atoms with van der Waals surface area (Å²) in [6.07, 6.45) is 3.34. The summed E-state index contributed by atoms with van der Waals surface area (Å²) in [6.45, 7) is 0.427. The van der Waals surface area contributed by atoms with Crippen molar-refractivity contribution in [1.29, 1.82) is 0 Å². The van der Waals surface area contributed by atoms with Crippen LogP contribution >= 0.6 is 11.6 Å². The van der Waals surface area contributed by atoms with Gasteiger partial charge in [0, 0.05) is 35.2 Å². The second-order valence-electron chi connectivity index (χ2n) is 6.81. The molecule has 4 aromatic rings. The molecule has 0 aliphatic rings. The van der Waals surface area contributed by atoms with E-state index in [2.05, 4.69) is 25.9 Å². The van der Waals surface area contributed by atoms with Crippen LogP contribution in [0.15, 0.2) is 73.1 Å². The Bertz CT molecular complexity index is 1200. The summed E-state index contributed by atoms with van der Waals surface area (Å²) in [5.74, 6) is -0.468. The van der Waals surface area contributed by atoms with E-state index in [-0.39, 0.29) is 18.4 Å². The molecule has 2 aromatic heterocycles. The standard InChI is InChI=1S/C22H19ClN6O2/c23-17-6-2-5-16(11-17)19-12-20(28-27-19)22(31)24-13-15-4-1-7-18(10-15)26-21(30)14-29-9-3-8-25-29/h1-12H,13-14H2,(H,24,31)(H,26,30)(H,27,28). The summed E-state index contributed by atoms with van der Waals surface area (Å²) < 4.78 is 1.54. The number of benzene rings is 2. The molecule has 2 aromatic carbocycles. The SMILES string of the molecule is O=C(Cn1cccn1)Nc1cccc(CNC(=O)c2cc(-c3cccc(Cl)c3)n[nH]2)c1. The molecule has 0 bridgehead atoms. The van der Waals surface area contributed by atoms with Crippen LogP contribution in [0.5, 0.6) is 0 Å². The lowest BCUT2D eigenvalue weighted by Gasteiger charge is -2.08. The average molecular weight is 435 g/mol. The van der Waals surface area contributed by atoms with Crippen molar-refractivity contribution in [1.82, 2.24) is 25.3 Å². The number of nitrogens with zero attached hydrogens (tertiary/aromatic N) is 3. The number of carbonyl (C=O) groups is 2. The number of nitrogens with one attached hydrogen (secondary N) is 3. The molecule has 0 unspecified atom stereocenters. The molecule has 0 aliphatic heterocycles. The van der Waals surface area contributed by atoms with Gasteiger partial charge in [0.05, 0.1) is 5.69 Å². The molecule has 31 heavy (non-hydrogen) atoms. The quantitative estimate of drug-likeness (QED) is 0.414. The lowest BCUT2D eigenvalue weighted by molar-refractivity contribution is -0.116. The zero-order valence-corrected chi connectivity index (χ0v) is 17.1. The summed E-state index contributed by atoms with van der Waals surface area (Å²) in [6, 6.07) is 18.0. The van der Waals surface area contributed by atoms with Crippen LogP contribution in [0.1, 0.15) is 16.1 Å². The van der Waals surface area contributed by atoms with E-state index in [1.165, 1.54) is 0 Å². The van der Waals surface area contributed by atoms with E-state index in [1.807, 2.05) is 30.3 Å². The molecule has 0 atom stereocenters. The van der Waals surface area contributed by atoms with Crippen molar-refractivity contribution in [3.63, 3.8) is 0 Å². The summed E-state index contributed by atoms with van der Waals surface area (Å²) in [5.41, 5.74) is 3.29. The Balaban J connectivity index is 1.34. The minimum absolute atomic E-state index is 0.128. The highest BCUT2D eigenvalue weighted by atomic mass is 35.5. The molecule has 0 spiro atoms. The first-order valence-electron chi connectivity index (χ1n) is 9.52. The zero-order chi connectivity index (χ0) is 21.6. The smallest absolute Gasteiger partial charge is 0.269 e. The number of rotatable bonds is 7. The van der Waals surface area contributed by atoms with Crippen molar-refractivity contribution >= 4 is 29.1 Å². The molecular formula is C22H19ClN6O2. The van der Waals surface area contributed by atoms with Crippen LogP contribution in [0, 0.1) is 0 Å². The second-order valence-corrected chi connectivity index (χ2v) is 7.25. The molecule has 156 valence electrons. The predicted octanol–water partition coefficient (Wildman–Crippen LogP) is 3.50. The van der Waals surface area contributed by atoms with Crippen LogP contribution in [0.2, 0.25) is 5.02 Å². The van der Waals surface area contributed by atoms with Crippen molar-refractivity contribution in [2.75, 3.05) is 5.32 Å². The van der Waals surface area contributed by atoms with E-state index in [1.54, 1.807) is 47.4 Å². The average Bonchev–Trinajstić information content (AvgIpc) is 3.44. The third kappa shape index (κ3) is 5.37. The third-order valence-corrected chi connectivity index (χ3v) is 4.71. The Morgan fingerprint density at radius 2 is 1.94 bits per heavy atom. The van der Waals surface area contributed by atoms with Gasteiger partial charge < -0.3 is 10.6 Å². The largest absolute Gasteiger partial charge is 0.347 e. The number of halogens is 1. The van der Waals surface area contributed by atoms with Gasteiger partial charge in [-0.1, -0.05) is 35.9 Å². The van der Waals surface area contributed by atoms with E-state index in [0.717, 1.165) is 11.1 Å². The van der Waals surface area contributed by atoms with Gasteiger partial charge in [0.25, 0.3) is 5.91 Å². The molecule has 8 nitrogen and oxygen atoms in total. The first-order valence-corrected chi connectivity index (χ1v) is 9.90. The van der Waals surface area contributed by atoms with Crippen LogP contribution in [0.4, 0.5) is 5.69 Å². The van der Waals surface area contributed by atoms with Crippen molar-refractivity contribution in [2.24, 2.45) is 0 Å². The third-order valence-electron chi connectivity index (χ3n) is 4.47. The molecule has 0 radical (unpaired) electrons. The van der Waals surface area contributed by atoms with Gasteiger partial charge >= 0.3 is 0 Å². The van der Waals surface area contributed by atoms with Gasteiger partial charge in [-0.2, -0.15) is 10.2 Å². The Labute approximate surface area is 183 Å². The van der Waals surface area contributed by atoms with Gasteiger partial charge in [-0.05, 0) is 42.0 Å². The summed E-state index contributed by atoms with van der Waals surface area (Å²) >= 11 is 6.01. The van der Waals surface area contributed by atoms with Crippen molar-refractivity contribution < 1.29 is 9.59 Å². The molecule has 0 saturated carbocycles. The van der Waals surface area contributed by atoms with Gasteiger partial charge in [0.2, 0.25) is 5.91 Å². The maximum Gasteiger partial charge on any atom is 0.269 e. The highest BCUT2D eigenvalue weighted by molar-refractivity contribution is 6.30. The van der Waals surface area contributed by atoms with Crippen LogP contribution in [0.3, 0.4) is 0 Å². The van der Waals surface area contributed by atoms with Crippen LogP contribution in [0.25, 0.3) is 11.3 Å². The maximum absolute atomic E-state index is 12.5. The first-order chi connectivity index (χ1) is 15.1. The monoisotopic (exact) mass is 434 g/mol. The van der Waals surface area contributed by atoms with Gasteiger partial charge in [-0.3, -0.25) is 19.4 Å². The number of aromatic amines is 1. The van der Waals surface area contributed by atoms with E-state index in [0.29, 0.717) is 28.6 Å². The number of carbonyl (C=O) groups excluding carboxylic acids is 2. The molecule has 0 fully saturated rings. The maximum atomic E-state index is 12.5. The topological polar surface area (TPSA) is 105 Å². The fourth-order valence-corrected chi connectivity index (χ4v) is 3.20. The first kappa shape index (κ1) is 20.4. The number of amides is 2. The molecule has 0 saturated heterocycles. The lowest BCUT2D eigenvalue weighted by atomic mass is 10.1. The molecular weight excluding hydrogens is 416 g/mol. The Morgan fingerprint density at radius 1 is 1.06 bits per heavy atom. The minimum atomic E-state index is -0.283. The minimum Gasteiger partial charge on any atom is -0.347 e. The molecule has 0 aliphatic carbocycles. The van der Waals surface area contributed by atoms with E-state index in [4.69, 9.17) is 11.6 Å². The number of H-pyrrole nitrogens is 1. The van der Waals surface area contributed by atoms with Gasteiger partial charge in [-0.25, -0.2) is 0 Å². The Kier molecular flexibility index (Phi) is 6.09. The fraction of sp³-hybridized carbons (Fsp3) is 0.0909. The van der Waals surface area contributed by atoms with Crippen molar-refractivity contribution in [3.8, 4) is 11.3 Å². The van der Waals surface area contributed by atoms with Crippen molar-refractivity contribution in [3.05, 3.63) is 89.3 Å². The fourth-order valence-electron chi connectivity index (χ4n) is 3.01.